The fourth-order valence-corrected chi connectivity index (χ4v) is 0.982. The number of rotatable bonds is 5. The topological polar surface area (TPSA) is 89.7 Å². The third kappa shape index (κ3) is 3.26. The van der Waals surface area contributed by atoms with E-state index in [0.29, 0.717) is 6.07 Å². The monoisotopic (exact) mass is 241 g/mol. The highest BCUT2D eigenvalue weighted by molar-refractivity contribution is 5.86. The minimum absolute atomic E-state index is 0.209. The number of carboxylic acids is 1. The van der Waals surface area contributed by atoms with E-state index in [1.807, 2.05) is 0 Å². The highest BCUT2D eigenvalue weighted by atomic mass is 19.1. The molecule has 0 saturated carbocycles. The van der Waals surface area contributed by atoms with Gasteiger partial charge in [-0.05, 0) is 12.1 Å². The maximum Gasteiger partial charge on any atom is 0.334 e. The van der Waals surface area contributed by atoms with Gasteiger partial charge in [-0.2, -0.15) is 0 Å². The second-order valence-corrected chi connectivity index (χ2v) is 3.07. The first kappa shape index (κ1) is 12.6. The van der Waals surface area contributed by atoms with E-state index in [1.165, 1.54) is 0 Å². The molecule has 0 aromatic heterocycles. The van der Waals surface area contributed by atoms with Gasteiger partial charge in [-0.3, -0.25) is 10.1 Å². The summed E-state index contributed by atoms with van der Waals surface area (Å²) in [5.41, 5.74) is -0.827. The molecule has 6 nitrogen and oxygen atoms in total. The van der Waals surface area contributed by atoms with Crippen molar-refractivity contribution in [3.63, 3.8) is 0 Å². The Hall–Kier alpha value is -2.44. The number of hydrogen-bond acceptors (Lipinski definition) is 4. The zero-order valence-electron chi connectivity index (χ0n) is 8.55. The molecule has 0 aliphatic heterocycles. The van der Waals surface area contributed by atoms with Gasteiger partial charge in [0.1, 0.15) is 12.4 Å². The minimum Gasteiger partial charge on any atom is -0.482 e. The maximum atomic E-state index is 12.8. The molecule has 0 radical (unpaired) electrons. The second kappa shape index (κ2) is 5.06. The van der Waals surface area contributed by atoms with Crippen LogP contribution in [0.3, 0.4) is 0 Å². The number of halogens is 1. The van der Waals surface area contributed by atoms with Gasteiger partial charge in [-0.1, -0.05) is 6.58 Å². The molecule has 17 heavy (non-hydrogen) atoms. The van der Waals surface area contributed by atoms with E-state index in [1.54, 1.807) is 0 Å². The Bertz CT molecular complexity index is 486. The molecule has 1 aromatic carbocycles. The Morgan fingerprint density at radius 2 is 2.24 bits per heavy atom. The second-order valence-electron chi connectivity index (χ2n) is 3.07. The lowest BCUT2D eigenvalue weighted by atomic mass is 10.3. The van der Waals surface area contributed by atoms with Crippen molar-refractivity contribution < 1.29 is 24.0 Å². The molecule has 1 N–H and O–H groups in total. The van der Waals surface area contributed by atoms with Gasteiger partial charge in [0.2, 0.25) is 0 Å². The molecule has 0 unspecified atom stereocenters. The zero-order valence-corrected chi connectivity index (χ0v) is 8.55. The van der Waals surface area contributed by atoms with Gasteiger partial charge < -0.3 is 9.84 Å². The number of hydrogen-bond donors (Lipinski definition) is 1. The number of carbonyl (C=O) groups is 1. The molecular weight excluding hydrogens is 233 g/mol. The SMILES string of the molecule is C=C(COc1ccc(F)cc1[N+](=O)[O-])C(=O)O. The van der Waals surface area contributed by atoms with Crippen molar-refractivity contribution in [1.29, 1.82) is 0 Å². The minimum atomic E-state index is -1.27. The Balaban J connectivity index is 2.87. The first-order chi connectivity index (χ1) is 7.91. The number of aliphatic carboxylic acids is 1. The molecule has 0 aliphatic carbocycles. The molecule has 1 rings (SSSR count). The Morgan fingerprint density at radius 1 is 1.59 bits per heavy atom. The summed E-state index contributed by atoms with van der Waals surface area (Å²) in [5.74, 6) is -2.25. The molecule has 90 valence electrons. The highest BCUT2D eigenvalue weighted by Crippen LogP contribution is 2.27. The number of ether oxygens (including phenoxy) is 1. The molecule has 0 spiro atoms. The summed E-state index contributed by atoms with van der Waals surface area (Å²) in [6, 6.07) is 2.73. The van der Waals surface area contributed by atoms with Crippen LogP contribution in [0.2, 0.25) is 0 Å². The van der Waals surface area contributed by atoms with Gasteiger partial charge in [0.15, 0.2) is 5.75 Å². The maximum absolute atomic E-state index is 12.8. The average molecular weight is 241 g/mol. The normalized spacial score (nSPS) is 9.71. The first-order valence-electron chi connectivity index (χ1n) is 4.39. The molecular formula is C10H8FNO5. The standard InChI is InChI=1S/C10H8FNO5/c1-6(10(13)14)5-17-9-3-2-7(11)4-8(9)12(15)16/h2-4H,1,5H2,(H,13,14). The molecule has 0 heterocycles. The lowest BCUT2D eigenvalue weighted by molar-refractivity contribution is -0.386. The highest BCUT2D eigenvalue weighted by Gasteiger charge is 2.17. The van der Waals surface area contributed by atoms with Crippen molar-refractivity contribution in [1.82, 2.24) is 0 Å². The van der Waals surface area contributed by atoms with Crippen LogP contribution in [0.5, 0.6) is 5.75 Å². The number of nitro groups is 1. The fraction of sp³-hybridized carbons (Fsp3) is 0.100. The molecule has 0 aliphatic rings. The van der Waals surface area contributed by atoms with E-state index in [9.17, 15) is 19.3 Å². The summed E-state index contributed by atoms with van der Waals surface area (Å²) < 4.78 is 17.7. The number of benzene rings is 1. The third-order valence-corrected chi connectivity index (χ3v) is 1.82. The van der Waals surface area contributed by atoms with Crippen LogP contribution >= 0.6 is 0 Å². The summed E-state index contributed by atoms with van der Waals surface area (Å²) in [5, 5.41) is 19.1. The molecule has 1 aromatic rings. The summed E-state index contributed by atoms with van der Waals surface area (Å²) in [6.45, 7) is 2.78. The fourth-order valence-electron chi connectivity index (χ4n) is 0.982. The van der Waals surface area contributed by atoms with Gasteiger partial charge in [-0.15, -0.1) is 0 Å². The number of nitro benzene ring substituents is 1. The van der Waals surface area contributed by atoms with Crippen LogP contribution in [0.15, 0.2) is 30.4 Å². The third-order valence-electron chi connectivity index (χ3n) is 1.82. The Kier molecular flexibility index (Phi) is 3.76. The molecule has 0 amide bonds. The molecule has 0 atom stereocenters. The van der Waals surface area contributed by atoms with Crippen LogP contribution in [0, 0.1) is 15.9 Å². The van der Waals surface area contributed by atoms with Crippen molar-refractivity contribution in [3.05, 3.63) is 46.3 Å². The number of nitrogens with zero attached hydrogens (tertiary/aromatic N) is 1. The summed E-state index contributed by atoms with van der Waals surface area (Å²) in [7, 11) is 0. The summed E-state index contributed by atoms with van der Waals surface area (Å²) in [6.07, 6.45) is 0. The van der Waals surface area contributed by atoms with Crippen LogP contribution in [0.1, 0.15) is 0 Å². The van der Waals surface area contributed by atoms with Crippen LogP contribution in [-0.4, -0.2) is 22.6 Å². The molecule has 0 fully saturated rings. The summed E-state index contributed by atoms with van der Waals surface area (Å²) >= 11 is 0. The van der Waals surface area contributed by atoms with E-state index in [0.717, 1.165) is 12.1 Å². The number of carboxylic acid groups (broad SMARTS) is 1. The largest absolute Gasteiger partial charge is 0.482 e. The predicted molar refractivity (Wildman–Crippen MR) is 55.3 cm³/mol. The van der Waals surface area contributed by atoms with Crippen molar-refractivity contribution in [2.45, 2.75) is 0 Å². The van der Waals surface area contributed by atoms with Crippen molar-refractivity contribution in [2.24, 2.45) is 0 Å². The van der Waals surface area contributed by atoms with Crippen LogP contribution in [0.25, 0.3) is 0 Å². The van der Waals surface area contributed by atoms with Crippen LogP contribution < -0.4 is 4.74 Å². The Morgan fingerprint density at radius 3 is 2.76 bits per heavy atom. The van der Waals surface area contributed by atoms with E-state index in [4.69, 9.17) is 9.84 Å². The van der Waals surface area contributed by atoms with Gasteiger partial charge in [0, 0.05) is 0 Å². The van der Waals surface area contributed by atoms with E-state index >= 15 is 0 Å². The van der Waals surface area contributed by atoms with E-state index < -0.39 is 29.0 Å². The van der Waals surface area contributed by atoms with E-state index in [2.05, 4.69) is 6.58 Å². The first-order valence-corrected chi connectivity index (χ1v) is 4.39. The smallest absolute Gasteiger partial charge is 0.334 e. The lowest BCUT2D eigenvalue weighted by Crippen LogP contribution is -2.09. The summed E-state index contributed by atoms with van der Waals surface area (Å²) in [4.78, 5) is 20.2. The van der Waals surface area contributed by atoms with Gasteiger partial charge >= 0.3 is 11.7 Å². The quantitative estimate of drug-likeness (QED) is 0.482. The van der Waals surface area contributed by atoms with Gasteiger partial charge in [-0.25, -0.2) is 9.18 Å². The zero-order chi connectivity index (χ0) is 13.0. The molecule has 7 heteroatoms. The molecule has 0 bridgehead atoms. The van der Waals surface area contributed by atoms with Crippen LogP contribution in [-0.2, 0) is 4.79 Å². The average Bonchev–Trinajstić information content (AvgIpc) is 2.26. The predicted octanol–water partition coefficient (Wildman–Crippen LogP) is 1.75. The lowest BCUT2D eigenvalue weighted by Gasteiger charge is -2.06. The van der Waals surface area contributed by atoms with Crippen molar-refractivity contribution in [2.75, 3.05) is 6.61 Å². The van der Waals surface area contributed by atoms with Gasteiger partial charge in [0.25, 0.3) is 0 Å². The molecule has 0 saturated heterocycles. The van der Waals surface area contributed by atoms with E-state index in [-0.39, 0.29) is 11.3 Å². The van der Waals surface area contributed by atoms with Crippen molar-refractivity contribution in [3.8, 4) is 5.75 Å². The van der Waals surface area contributed by atoms with Gasteiger partial charge in [0.05, 0.1) is 16.6 Å². The van der Waals surface area contributed by atoms with Crippen LogP contribution in [0.4, 0.5) is 10.1 Å². The Labute approximate surface area is 95.1 Å². The van der Waals surface area contributed by atoms with Crippen molar-refractivity contribution >= 4 is 11.7 Å².